The van der Waals surface area contributed by atoms with Crippen LogP contribution in [0.25, 0.3) is 94.3 Å². The first-order valence-electron chi connectivity index (χ1n) is 16.8. The lowest BCUT2D eigenvalue weighted by Crippen LogP contribution is -1.95. The maximum absolute atomic E-state index is 4.95. The zero-order valence-electron chi connectivity index (χ0n) is 27.0. The second-order valence-electron chi connectivity index (χ2n) is 12.6. The Morgan fingerprint density at radius 2 is 0.960 bits per heavy atom. The van der Waals surface area contributed by atoms with Gasteiger partial charge in [-0.05, 0) is 107 Å². The summed E-state index contributed by atoms with van der Waals surface area (Å²) in [6, 6.07) is 55.6. The number of benzene rings is 5. The molecule has 10 rings (SSSR count). The second kappa shape index (κ2) is 11.4. The first kappa shape index (κ1) is 28.2. The minimum atomic E-state index is 0.815. The van der Waals surface area contributed by atoms with E-state index in [0.29, 0.717) is 0 Å². The van der Waals surface area contributed by atoms with E-state index in [2.05, 4.69) is 141 Å². The molecule has 0 radical (unpaired) electrons. The number of H-pyrrole nitrogens is 1. The predicted octanol–water partition coefficient (Wildman–Crippen LogP) is 11.3. The van der Waals surface area contributed by atoms with Crippen LogP contribution >= 0.6 is 0 Å². The van der Waals surface area contributed by atoms with E-state index >= 15 is 0 Å². The van der Waals surface area contributed by atoms with Gasteiger partial charge in [0.1, 0.15) is 0 Å². The monoisotopic (exact) mass is 639 g/mol. The summed E-state index contributed by atoms with van der Waals surface area (Å²) in [5.74, 6) is 0. The highest BCUT2D eigenvalue weighted by atomic mass is 15.0. The highest BCUT2D eigenvalue weighted by Gasteiger charge is 2.15. The molecule has 0 saturated heterocycles. The standard InChI is InChI=1S/C45H29N5/c1-3-11-38-34(9-1)36-25-30(17-21-39(36)48-38)31-18-22-45-37(26-31)35-10-2-4-14-44(35)50(45)33-19-15-29(16-20-33)32-27-42(40-12-5-7-23-46-40)49-43(28-32)41-13-6-8-24-47-41/h1-28,48H. The number of hydrogen-bond donors (Lipinski definition) is 1. The SMILES string of the molecule is c1ccc(-c2cc(-c3ccc(-n4c5ccccc5c5cc(-c6ccc7[nH]c8ccccc8c7c6)ccc54)cc3)cc(-c3ccccn3)n2)nc1. The van der Waals surface area contributed by atoms with Gasteiger partial charge in [-0.15, -0.1) is 0 Å². The van der Waals surface area contributed by atoms with E-state index < -0.39 is 0 Å². The van der Waals surface area contributed by atoms with Crippen LogP contribution in [0.2, 0.25) is 0 Å². The molecule has 0 saturated carbocycles. The van der Waals surface area contributed by atoms with Crippen LogP contribution in [0.5, 0.6) is 0 Å². The van der Waals surface area contributed by atoms with Gasteiger partial charge in [-0.3, -0.25) is 9.97 Å². The Morgan fingerprint density at radius 1 is 0.380 bits per heavy atom. The summed E-state index contributed by atoms with van der Waals surface area (Å²) in [4.78, 5) is 17.7. The highest BCUT2D eigenvalue weighted by Crippen LogP contribution is 2.37. The van der Waals surface area contributed by atoms with Crippen LogP contribution in [-0.2, 0) is 0 Å². The molecule has 10 aromatic rings. The van der Waals surface area contributed by atoms with Crippen LogP contribution in [-0.4, -0.2) is 24.5 Å². The number of nitrogens with one attached hydrogen (secondary N) is 1. The summed E-state index contributed by atoms with van der Waals surface area (Å²) in [6.45, 7) is 0. The van der Waals surface area contributed by atoms with Crippen LogP contribution in [0.4, 0.5) is 0 Å². The molecule has 1 N–H and O–H groups in total. The fourth-order valence-electron chi connectivity index (χ4n) is 7.25. The summed E-state index contributed by atoms with van der Waals surface area (Å²) in [6.07, 6.45) is 3.60. The van der Waals surface area contributed by atoms with Gasteiger partial charge in [-0.1, -0.05) is 72.8 Å². The van der Waals surface area contributed by atoms with Gasteiger partial charge >= 0.3 is 0 Å². The van der Waals surface area contributed by atoms with Gasteiger partial charge in [-0.2, -0.15) is 0 Å². The molecule has 0 aliphatic rings. The summed E-state index contributed by atoms with van der Waals surface area (Å²) in [5, 5.41) is 4.96. The Balaban J connectivity index is 1.07. The fraction of sp³-hybridized carbons (Fsp3) is 0. The zero-order valence-corrected chi connectivity index (χ0v) is 27.0. The Kier molecular flexibility index (Phi) is 6.42. The summed E-state index contributed by atoms with van der Waals surface area (Å²) >= 11 is 0. The number of aromatic nitrogens is 5. The molecule has 0 atom stereocenters. The van der Waals surface area contributed by atoms with E-state index in [1.54, 1.807) is 12.4 Å². The van der Waals surface area contributed by atoms with E-state index in [-0.39, 0.29) is 0 Å². The van der Waals surface area contributed by atoms with Crippen molar-refractivity contribution in [1.82, 2.24) is 24.5 Å². The van der Waals surface area contributed by atoms with Crippen molar-refractivity contribution in [3.63, 3.8) is 0 Å². The molecule has 0 spiro atoms. The normalized spacial score (nSPS) is 11.6. The predicted molar refractivity (Wildman–Crippen MR) is 205 cm³/mol. The molecule has 5 heterocycles. The first-order valence-corrected chi connectivity index (χ1v) is 16.8. The molecule has 0 aliphatic carbocycles. The van der Waals surface area contributed by atoms with E-state index in [0.717, 1.165) is 50.6 Å². The van der Waals surface area contributed by atoms with Crippen LogP contribution in [0.3, 0.4) is 0 Å². The molecule has 0 fully saturated rings. The quantitative estimate of drug-likeness (QED) is 0.204. The Labute approximate surface area is 288 Å². The topological polar surface area (TPSA) is 59.4 Å². The number of rotatable bonds is 5. The Morgan fingerprint density at radius 3 is 1.68 bits per heavy atom. The van der Waals surface area contributed by atoms with Crippen molar-refractivity contribution in [3.8, 4) is 50.7 Å². The maximum atomic E-state index is 4.95. The second-order valence-corrected chi connectivity index (χ2v) is 12.6. The van der Waals surface area contributed by atoms with Gasteiger partial charge in [0.05, 0.1) is 33.8 Å². The number of fused-ring (bicyclic) bond motifs is 6. The summed E-state index contributed by atoms with van der Waals surface area (Å²) < 4.78 is 2.37. The van der Waals surface area contributed by atoms with Crippen molar-refractivity contribution in [2.45, 2.75) is 0 Å². The average molecular weight is 640 g/mol. The van der Waals surface area contributed by atoms with Gasteiger partial charge in [0, 0.05) is 50.7 Å². The van der Waals surface area contributed by atoms with Crippen LogP contribution in [0.15, 0.2) is 170 Å². The van der Waals surface area contributed by atoms with Crippen molar-refractivity contribution in [2.24, 2.45) is 0 Å². The van der Waals surface area contributed by atoms with Crippen molar-refractivity contribution in [3.05, 3.63) is 170 Å². The molecule has 0 unspecified atom stereocenters. The van der Waals surface area contributed by atoms with Crippen LogP contribution < -0.4 is 0 Å². The van der Waals surface area contributed by atoms with Crippen LogP contribution in [0, 0.1) is 0 Å². The minimum Gasteiger partial charge on any atom is -0.355 e. The lowest BCUT2D eigenvalue weighted by Gasteiger charge is -2.12. The van der Waals surface area contributed by atoms with E-state index in [4.69, 9.17) is 4.98 Å². The number of hydrogen-bond acceptors (Lipinski definition) is 3. The minimum absolute atomic E-state index is 0.815. The van der Waals surface area contributed by atoms with E-state index in [9.17, 15) is 0 Å². The molecule has 0 bridgehead atoms. The van der Waals surface area contributed by atoms with Crippen molar-refractivity contribution in [2.75, 3.05) is 0 Å². The fourth-order valence-corrected chi connectivity index (χ4v) is 7.25. The van der Waals surface area contributed by atoms with E-state index in [1.807, 2.05) is 36.4 Å². The number of para-hydroxylation sites is 2. The zero-order chi connectivity index (χ0) is 33.0. The highest BCUT2D eigenvalue weighted by molar-refractivity contribution is 6.12. The van der Waals surface area contributed by atoms with Gasteiger partial charge in [0.2, 0.25) is 0 Å². The van der Waals surface area contributed by atoms with Crippen LogP contribution in [0.1, 0.15) is 0 Å². The van der Waals surface area contributed by atoms with Gasteiger partial charge < -0.3 is 9.55 Å². The van der Waals surface area contributed by atoms with Gasteiger partial charge in [-0.25, -0.2) is 4.98 Å². The Bertz CT molecular complexity index is 2790. The van der Waals surface area contributed by atoms with Gasteiger partial charge in [0.15, 0.2) is 0 Å². The Hall–Kier alpha value is -6.85. The number of aromatic amines is 1. The van der Waals surface area contributed by atoms with Crippen molar-refractivity contribution < 1.29 is 0 Å². The largest absolute Gasteiger partial charge is 0.355 e. The van der Waals surface area contributed by atoms with Crippen molar-refractivity contribution >= 4 is 43.6 Å². The molecular weight excluding hydrogens is 611 g/mol. The molecule has 50 heavy (non-hydrogen) atoms. The van der Waals surface area contributed by atoms with Gasteiger partial charge in [0.25, 0.3) is 0 Å². The molecule has 234 valence electrons. The maximum Gasteiger partial charge on any atom is 0.0900 e. The molecule has 0 amide bonds. The van der Waals surface area contributed by atoms with E-state index in [1.165, 1.54) is 43.7 Å². The first-order chi connectivity index (χ1) is 24.8. The lowest BCUT2D eigenvalue weighted by atomic mass is 10.0. The molecule has 0 aliphatic heterocycles. The van der Waals surface area contributed by atoms with Crippen molar-refractivity contribution in [1.29, 1.82) is 0 Å². The third kappa shape index (κ3) is 4.67. The summed E-state index contributed by atoms with van der Waals surface area (Å²) in [5.41, 5.74) is 13.6. The third-order valence-corrected chi connectivity index (χ3v) is 9.65. The average Bonchev–Trinajstić information content (AvgIpc) is 3.73. The lowest BCUT2D eigenvalue weighted by molar-refractivity contribution is 1.18. The third-order valence-electron chi connectivity index (χ3n) is 9.65. The molecule has 5 heteroatoms. The molecule has 5 aromatic heterocycles. The molecule has 5 nitrogen and oxygen atoms in total. The smallest absolute Gasteiger partial charge is 0.0900 e. The summed E-state index contributed by atoms with van der Waals surface area (Å²) in [7, 11) is 0. The molecule has 5 aromatic carbocycles. The number of nitrogens with zero attached hydrogens (tertiary/aromatic N) is 4. The molecular formula is C45H29N5. The number of pyridine rings is 3.